The molecule has 0 fully saturated rings. The third kappa shape index (κ3) is 2.08. The van der Waals surface area contributed by atoms with Crippen LogP contribution in [-0.2, 0) is 6.42 Å². The molecule has 2 aromatic carbocycles. The molecule has 0 saturated carbocycles. The first-order valence-corrected chi connectivity index (χ1v) is 5.50. The molecule has 0 bridgehead atoms. The highest BCUT2D eigenvalue weighted by molar-refractivity contribution is 5.45. The van der Waals surface area contributed by atoms with Crippen LogP contribution in [0.4, 0.5) is 0 Å². The van der Waals surface area contributed by atoms with Crippen molar-refractivity contribution in [3.8, 4) is 5.75 Å². The Morgan fingerprint density at radius 3 is 2.31 bits per heavy atom. The fourth-order valence-electron chi connectivity index (χ4n) is 1.88. The van der Waals surface area contributed by atoms with E-state index in [0.29, 0.717) is 5.75 Å². The summed E-state index contributed by atoms with van der Waals surface area (Å²) in [5, 5.41) is 9.88. The van der Waals surface area contributed by atoms with Gasteiger partial charge < -0.3 is 5.11 Å². The van der Waals surface area contributed by atoms with Crippen molar-refractivity contribution >= 4 is 0 Å². The molecule has 1 nitrogen and oxygen atoms in total. The summed E-state index contributed by atoms with van der Waals surface area (Å²) in [5.41, 5.74) is 4.67. The maximum atomic E-state index is 9.88. The van der Waals surface area contributed by atoms with Gasteiger partial charge >= 0.3 is 0 Å². The van der Waals surface area contributed by atoms with Gasteiger partial charge in [-0.05, 0) is 36.6 Å². The van der Waals surface area contributed by atoms with Gasteiger partial charge in [0.15, 0.2) is 0 Å². The summed E-state index contributed by atoms with van der Waals surface area (Å²) in [7, 11) is 0. The molecule has 0 aliphatic carbocycles. The molecule has 1 heteroatoms. The van der Waals surface area contributed by atoms with Crippen LogP contribution in [0.2, 0.25) is 0 Å². The molecule has 0 unspecified atom stereocenters. The molecular formula is C15H16O. The van der Waals surface area contributed by atoms with Crippen molar-refractivity contribution in [2.24, 2.45) is 0 Å². The first-order valence-electron chi connectivity index (χ1n) is 5.50. The van der Waals surface area contributed by atoms with Crippen LogP contribution in [0.15, 0.2) is 42.5 Å². The molecule has 1 N–H and O–H groups in total. The molecule has 82 valence electrons. The van der Waals surface area contributed by atoms with Crippen LogP contribution < -0.4 is 0 Å². The molecule has 0 saturated heterocycles. The summed E-state index contributed by atoms with van der Waals surface area (Å²) in [6, 6.07) is 14.0. The van der Waals surface area contributed by atoms with Gasteiger partial charge in [-0.3, -0.25) is 0 Å². The minimum Gasteiger partial charge on any atom is -0.508 e. The Hall–Kier alpha value is -1.76. The zero-order valence-electron chi connectivity index (χ0n) is 9.70. The van der Waals surface area contributed by atoms with Crippen LogP contribution in [0.5, 0.6) is 5.75 Å². The summed E-state index contributed by atoms with van der Waals surface area (Å²) in [4.78, 5) is 0. The largest absolute Gasteiger partial charge is 0.508 e. The van der Waals surface area contributed by atoms with E-state index in [1.165, 1.54) is 16.7 Å². The number of hydrogen-bond acceptors (Lipinski definition) is 1. The minimum absolute atomic E-state index is 0.395. The van der Waals surface area contributed by atoms with Gasteiger partial charge in [-0.1, -0.05) is 36.4 Å². The van der Waals surface area contributed by atoms with E-state index >= 15 is 0 Å². The van der Waals surface area contributed by atoms with Crippen LogP contribution in [0.3, 0.4) is 0 Å². The second-order valence-electron chi connectivity index (χ2n) is 4.17. The second-order valence-corrected chi connectivity index (χ2v) is 4.17. The van der Waals surface area contributed by atoms with E-state index in [4.69, 9.17) is 0 Å². The van der Waals surface area contributed by atoms with E-state index in [0.717, 1.165) is 12.0 Å². The maximum absolute atomic E-state index is 9.88. The fraction of sp³-hybridized carbons (Fsp3) is 0.200. The molecule has 0 atom stereocenters. The summed E-state index contributed by atoms with van der Waals surface area (Å²) < 4.78 is 0. The van der Waals surface area contributed by atoms with Crippen molar-refractivity contribution in [2.45, 2.75) is 20.3 Å². The standard InChI is InChI=1S/C15H16O/c1-11-8-9-15(16)14(12(11)2)10-13-6-4-3-5-7-13/h3-9,16H,10H2,1-2H3. The van der Waals surface area contributed by atoms with Gasteiger partial charge in [0.2, 0.25) is 0 Å². The third-order valence-electron chi connectivity index (χ3n) is 3.07. The Bertz CT molecular complexity index is 486. The lowest BCUT2D eigenvalue weighted by atomic mass is 9.96. The van der Waals surface area contributed by atoms with Crippen molar-refractivity contribution in [2.75, 3.05) is 0 Å². The lowest BCUT2D eigenvalue weighted by Crippen LogP contribution is -1.94. The van der Waals surface area contributed by atoms with Crippen molar-refractivity contribution in [1.82, 2.24) is 0 Å². The average Bonchev–Trinajstić information content (AvgIpc) is 2.31. The SMILES string of the molecule is Cc1ccc(O)c(Cc2ccccc2)c1C. The Morgan fingerprint density at radius 2 is 1.62 bits per heavy atom. The number of phenolic OH excluding ortho intramolecular Hbond substituents is 1. The van der Waals surface area contributed by atoms with Gasteiger partial charge in [0, 0.05) is 12.0 Å². The molecular weight excluding hydrogens is 196 g/mol. The Kier molecular flexibility index (Phi) is 2.95. The molecule has 0 radical (unpaired) electrons. The first kappa shape index (κ1) is 10.7. The predicted octanol–water partition coefficient (Wildman–Crippen LogP) is 3.60. The van der Waals surface area contributed by atoms with Crippen LogP contribution in [0.25, 0.3) is 0 Å². The highest BCUT2D eigenvalue weighted by atomic mass is 16.3. The Labute approximate surface area is 96.4 Å². The molecule has 0 aliphatic heterocycles. The molecule has 0 aromatic heterocycles. The topological polar surface area (TPSA) is 20.2 Å². The van der Waals surface area contributed by atoms with E-state index in [-0.39, 0.29) is 0 Å². The minimum atomic E-state index is 0.395. The molecule has 16 heavy (non-hydrogen) atoms. The third-order valence-corrected chi connectivity index (χ3v) is 3.07. The number of aryl methyl sites for hydroxylation is 1. The van der Waals surface area contributed by atoms with Crippen LogP contribution in [0.1, 0.15) is 22.3 Å². The zero-order chi connectivity index (χ0) is 11.5. The van der Waals surface area contributed by atoms with Crippen molar-refractivity contribution < 1.29 is 5.11 Å². The van der Waals surface area contributed by atoms with Gasteiger partial charge in [-0.25, -0.2) is 0 Å². The lowest BCUT2D eigenvalue weighted by molar-refractivity contribution is 0.468. The van der Waals surface area contributed by atoms with Gasteiger partial charge in [0.05, 0.1) is 0 Å². The van der Waals surface area contributed by atoms with Gasteiger partial charge in [-0.2, -0.15) is 0 Å². The molecule has 2 rings (SSSR count). The van der Waals surface area contributed by atoms with E-state index in [1.54, 1.807) is 6.07 Å². The number of phenols is 1. The summed E-state index contributed by atoms with van der Waals surface area (Å²) >= 11 is 0. The van der Waals surface area contributed by atoms with Crippen LogP contribution in [0, 0.1) is 13.8 Å². The summed E-state index contributed by atoms with van der Waals surface area (Å²) in [6.07, 6.45) is 0.792. The van der Waals surface area contributed by atoms with Crippen LogP contribution >= 0.6 is 0 Å². The predicted molar refractivity (Wildman–Crippen MR) is 66.8 cm³/mol. The maximum Gasteiger partial charge on any atom is 0.119 e. The van der Waals surface area contributed by atoms with Gasteiger partial charge in [-0.15, -0.1) is 0 Å². The molecule has 2 aromatic rings. The number of benzene rings is 2. The lowest BCUT2D eigenvalue weighted by Gasteiger charge is -2.11. The normalized spacial score (nSPS) is 10.4. The average molecular weight is 212 g/mol. The molecule has 0 spiro atoms. The van der Waals surface area contributed by atoms with Gasteiger partial charge in [0.25, 0.3) is 0 Å². The Morgan fingerprint density at radius 1 is 0.938 bits per heavy atom. The van der Waals surface area contributed by atoms with Crippen molar-refractivity contribution in [1.29, 1.82) is 0 Å². The van der Waals surface area contributed by atoms with E-state index < -0.39 is 0 Å². The molecule has 0 amide bonds. The van der Waals surface area contributed by atoms with E-state index in [9.17, 15) is 5.11 Å². The smallest absolute Gasteiger partial charge is 0.119 e. The Balaban J connectivity index is 2.38. The van der Waals surface area contributed by atoms with Crippen molar-refractivity contribution in [3.63, 3.8) is 0 Å². The monoisotopic (exact) mass is 212 g/mol. The number of hydrogen-bond donors (Lipinski definition) is 1. The number of rotatable bonds is 2. The molecule has 0 aliphatic rings. The highest BCUT2D eigenvalue weighted by Crippen LogP contribution is 2.26. The summed E-state index contributed by atoms with van der Waals surface area (Å²) in [5.74, 6) is 0.395. The first-order chi connectivity index (χ1) is 7.68. The quantitative estimate of drug-likeness (QED) is 0.806. The molecule has 0 heterocycles. The van der Waals surface area contributed by atoms with Crippen molar-refractivity contribution in [3.05, 3.63) is 64.7 Å². The zero-order valence-corrected chi connectivity index (χ0v) is 9.70. The van der Waals surface area contributed by atoms with E-state index in [2.05, 4.69) is 26.0 Å². The summed E-state index contributed by atoms with van der Waals surface area (Å²) in [6.45, 7) is 4.14. The van der Waals surface area contributed by atoms with Crippen LogP contribution in [-0.4, -0.2) is 5.11 Å². The fourth-order valence-corrected chi connectivity index (χ4v) is 1.88. The second kappa shape index (κ2) is 4.40. The van der Waals surface area contributed by atoms with E-state index in [1.807, 2.05) is 24.3 Å². The highest BCUT2D eigenvalue weighted by Gasteiger charge is 2.07. The number of aromatic hydroxyl groups is 1. The van der Waals surface area contributed by atoms with Gasteiger partial charge in [0.1, 0.15) is 5.75 Å².